The van der Waals surface area contributed by atoms with Crippen LogP contribution in [0.3, 0.4) is 0 Å². The normalized spacial score (nSPS) is 23.1. The third-order valence-corrected chi connectivity index (χ3v) is 2.86. The van der Waals surface area contributed by atoms with Crippen LogP contribution in [0.2, 0.25) is 0 Å². The smallest absolute Gasteiger partial charge is 0.0580 e. The van der Waals surface area contributed by atoms with E-state index in [1.165, 1.54) is 0 Å². The fourth-order valence-electron chi connectivity index (χ4n) is 1.87. The summed E-state index contributed by atoms with van der Waals surface area (Å²) in [4.78, 5) is 0. The molecule has 0 aromatic heterocycles. The minimum atomic E-state index is -0.0535. The van der Waals surface area contributed by atoms with Crippen LogP contribution in [0, 0.1) is 17.8 Å². The molecule has 16 heavy (non-hydrogen) atoms. The van der Waals surface area contributed by atoms with E-state index in [-0.39, 0.29) is 6.10 Å². The molecule has 1 aliphatic rings. The second-order valence-corrected chi connectivity index (χ2v) is 4.29. The Hall–Kier alpha value is -1.30. The maximum atomic E-state index is 9.11. The van der Waals surface area contributed by atoms with Crippen LogP contribution in [0.4, 0.5) is 0 Å². The summed E-state index contributed by atoms with van der Waals surface area (Å²) in [7, 11) is 0. The van der Waals surface area contributed by atoms with Crippen molar-refractivity contribution in [1.29, 1.82) is 0 Å². The van der Waals surface area contributed by atoms with Crippen LogP contribution in [0.5, 0.6) is 0 Å². The van der Waals surface area contributed by atoms with Gasteiger partial charge in [-0.05, 0) is 37.4 Å². The zero-order chi connectivity index (χ0) is 11.2. The average Bonchev–Trinajstić information content (AvgIpc) is 2.27. The minimum absolute atomic E-state index is 0.0535. The van der Waals surface area contributed by atoms with E-state index < -0.39 is 0 Å². The van der Waals surface area contributed by atoms with Gasteiger partial charge in [-0.15, -0.1) is 0 Å². The molecule has 1 aromatic rings. The Morgan fingerprint density at radius 1 is 1.25 bits per heavy atom. The first kappa shape index (κ1) is 11.2. The summed E-state index contributed by atoms with van der Waals surface area (Å²) in [6, 6.07) is 10.00. The van der Waals surface area contributed by atoms with Gasteiger partial charge in [-0.25, -0.2) is 0 Å². The molecule has 2 heteroatoms. The summed E-state index contributed by atoms with van der Waals surface area (Å²) in [5.41, 5.74) is 1.06. The number of benzene rings is 1. The van der Waals surface area contributed by atoms with E-state index in [0.717, 1.165) is 31.5 Å². The lowest BCUT2D eigenvalue weighted by Gasteiger charge is -2.31. The maximum absolute atomic E-state index is 9.11. The number of aliphatic hydroxyl groups excluding tert-OH is 1. The molecule has 0 radical (unpaired) electrons. The summed E-state index contributed by atoms with van der Waals surface area (Å²) in [5.74, 6) is 6.84. The second-order valence-electron chi connectivity index (χ2n) is 4.29. The van der Waals surface area contributed by atoms with Gasteiger partial charge in [-0.3, -0.25) is 0 Å². The van der Waals surface area contributed by atoms with Crippen molar-refractivity contribution in [3.05, 3.63) is 35.9 Å². The highest BCUT2D eigenvalue weighted by Crippen LogP contribution is 2.25. The van der Waals surface area contributed by atoms with Crippen molar-refractivity contribution in [3.63, 3.8) is 0 Å². The number of hydrogen-bond acceptors (Lipinski definition) is 2. The SMILES string of the molecule is OC1CC(CNCC#Cc2ccccc2)C1. The van der Waals surface area contributed by atoms with Crippen molar-refractivity contribution < 1.29 is 5.11 Å². The first-order valence-corrected chi connectivity index (χ1v) is 5.77. The third-order valence-electron chi connectivity index (χ3n) is 2.86. The Bertz CT molecular complexity index is 371. The number of hydrogen-bond donors (Lipinski definition) is 2. The molecular formula is C14H17NO. The molecule has 0 atom stereocenters. The predicted octanol–water partition coefficient (Wildman–Crippen LogP) is 1.40. The molecule has 0 amide bonds. The van der Waals surface area contributed by atoms with Crippen LogP contribution in [-0.2, 0) is 0 Å². The molecule has 0 unspecified atom stereocenters. The lowest BCUT2D eigenvalue weighted by molar-refractivity contribution is 0.0436. The fraction of sp³-hybridized carbons (Fsp3) is 0.429. The highest BCUT2D eigenvalue weighted by molar-refractivity contribution is 5.33. The Labute approximate surface area is 96.7 Å². The molecule has 84 valence electrons. The van der Waals surface area contributed by atoms with Gasteiger partial charge in [0.05, 0.1) is 12.6 Å². The van der Waals surface area contributed by atoms with Crippen LogP contribution < -0.4 is 5.32 Å². The molecule has 1 aliphatic carbocycles. The summed E-state index contributed by atoms with van der Waals surface area (Å²) in [6.45, 7) is 1.70. The molecule has 1 aromatic carbocycles. The van der Waals surface area contributed by atoms with E-state index in [2.05, 4.69) is 17.2 Å². The number of nitrogens with one attached hydrogen (secondary N) is 1. The summed E-state index contributed by atoms with van der Waals surface area (Å²) in [5, 5.41) is 12.4. The first-order chi connectivity index (χ1) is 7.84. The molecule has 2 rings (SSSR count). The van der Waals surface area contributed by atoms with Crippen molar-refractivity contribution in [2.45, 2.75) is 18.9 Å². The van der Waals surface area contributed by atoms with Gasteiger partial charge in [-0.2, -0.15) is 0 Å². The van der Waals surface area contributed by atoms with E-state index in [1.54, 1.807) is 0 Å². The van der Waals surface area contributed by atoms with E-state index in [1.807, 2.05) is 30.3 Å². The van der Waals surface area contributed by atoms with Crippen molar-refractivity contribution >= 4 is 0 Å². The standard InChI is InChI=1S/C14H17NO/c16-14-9-13(10-14)11-15-8-4-7-12-5-2-1-3-6-12/h1-3,5-6,13-16H,8-11H2. The van der Waals surface area contributed by atoms with Crippen LogP contribution in [0.1, 0.15) is 18.4 Å². The molecule has 2 nitrogen and oxygen atoms in total. The highest BCUT2D eigenvalue weighted by atomic mass is 16.3. The molecular weight excluding hydrogens is 198 g/mol. The van der Waals surface area contributed by atoms with Crippen molar-refractivity contribution in [2.24, 2.45) is 5.92 Å². The quantitative estimate of drug-likeness (QED) is 0.590. The zero-order valence-corrected chi connectivity index (χ0v) is 9.32. The minimum Gasteiger partial charge on any atom is -0.393 e. The third kappa shape index (κ3) is 3.37. The number of aliphatic hydroxyl groups is 1. The van der Waals surface area contributed by atoms with Gasteiger partial charge in [0, 0.05) is 5.56 Å². The van der Waals surface area contributed by atoms with Gasteiger partial charge < -0.3 is 10.4 Å². The average molecular weight is 215 g/mol. The molecule has 0 saturated heterocycles. The molecule has 1 fully saturated rings. The summed E-state index contributed by atoms with van der Waals surface area (Å²) in [6.07, 6.45) is 1.83. The van der Waals surface area contributed by atoms with Gasteiger partial charge >= 0.3 is 0 Å². The first-order valence-electron chi connectivity index (χ1n) is 5.77. The summed E-state index contributed by atoms with van der Waals surface area (Å²) >= 11 is 0. The molecule has 0 bridgehead atoms. The van der Waals surface area contributed by atoms with E-state index >= 15 is 0 Å². The zero-order valence-electron chi connectivity index (χ0n) is 9.32. The van der Waals surface area contributed by atoms with Crippen molar-refractivity contribution in [3.8, 4) is 11.8 Å². The van der Waals surface area contributed by atoms with Crippen LogP contribution in [0.15, 0.2) is 30.3 Å². The van der Waals surface area contributed by atoms with E-state index in [0.29, 0.717) is 5.92 Å². The van der Waals surface area contributed by atoms with Crippen LogP contribution in [-0.4, -0.2) is 24.3 Å². The molecule has 0 aliphatic heterocycles. The van der Waals surface area contributed by atoms with Gasteiger partial charge in [0.1, 0.15) is 0 Å². The highest BCUT2D eigenvalue weighted by Gasteiger charge is 2.26. The Balaban J connectivity index is 1.63. The lowest BCUT2D eigenvalue weighted by atomic mass is 9.82. The van der Waals surface area contributed by atoms with Gasteiger partial charge in [0.15, 0.2) is 0 Å². The second kappa shape index (κ2) is 5.69. The van der Waals surface area contributed by atoms with Crippen molar-refractivity contribution in [1.82, 2.24) is 5.32 Å². The van der Waals surface area contributed by atoms with Crippen LogP contribution >= 0.6 is 0 Å². The Morgan fingerprint density at radius 3 is 2.69 bits per heavy atom. The molecule has 0 spiro atoms. The maximum Gasteiger partial charge on any atom is 0.0580 e. The number of rotatable bonds is 3. The Morgan fingerprint density at radius 2 is 2.00 bits per heavy atom. The fourth-order valence-corrected chi connectivity index (χ4v) is 1.87. The molecule has 1 saturated carbocycles. The van der Waals surface area contributed by atoms with Gasteiger partial charge in [0.2, 0.25) is 0 Å². The molecule has 0 heterocycles. The van der Waals surface area contributed by atoms with E-state index in [4.69, 9.17) is 5.11 Å². The monoisotopic (exact) mass is 215 g/mol. The van der Waals surface area contributed by atoms with Crippen LogP contribution in [0.25, 0.3) is 0 Å². The summed E-state index contributed by atoms with van der Waals surface area (Å²) < 4.78 is 0. The predicted molar refractivity (Wildman–Crippen MR) is 64.9 cm³/mol. The van der Waals surface area contributed by atoms with E-state index in [9.17, 15) is 0 Å². The Kier molecular flexibility index (Phi) is 3.98. The topological polar surface area (TPSA) is 32.3 Å². The largest absolute Gasteiger partial charge is 0.393 e. The van der Waals surface area contributed by atoms with Gasteiger partial charge in [-0.1, -0.05) is 30.0 Å². The van der Waals surface area contributed by atoms with Gasteiger partial charge in [0.25, 0.3) is 0 Å². The lowest BCUT2D eigenvalue weighted by Crippen LogP contribution is -2.36. The van der Waals surface area contributed by atoms with Crippen molar-refractivity contribution in [2.75, 3.05) is 13.1 Å². The molecule has 2 N–H and O–H groups in total.